The van der Waals surface area contributed by atoms with Crippen LogP contribution >= 0.6 is 0 Å². The number of unbranched alkanes of at least 4 members (excludes halogenated alkanes) is 2. The van der Waals surface area contributed by atoms with Gasteiger partial charge in [-0.2, -0.15) is 5.26 Å². The van der Waals surface area contributed by atoms with Crippen molar-refractivity contribution in [3.63, 3.8) is 0 Å². The number of nitriles is 1. The number of nitrogens with one attached hydrogen (secondary N) is 1. The van der Waals surface area contributed by atoms with Crippen molar-refractivity contribution in [2.75, 3.05) is 20.3 Å². The van der Waals surface area contributed by atoms with E-state index in [0.717, 1.165) is 19.4 Å². The van der Waals surface area contributed by atoms with E-state index in [2.05, 4.69) is 25.2 Å². The van der Waals surface area contributed by atoms with Crippen molar-refractivity contribution in [2.45, 2.75) is 38.6 Å². The van der Waals surface area contributed by atoms with Crippen LogP contribution in [0.1, 0.15) is 33.1 Å². The summed E-state index contributed by atoms with van der Waals surface area (Å²) in [6.45, 7) is 5.89. The number of ether oxygens (including phenoxy) is 1. The van der Waals surface area contributed by atoms with Crippen molar-refractivity contribution in [3.8, 4) is 6.07 Å². The van der Waals surface area contributed by atoms with Crippen LogP contribution in [0.15, 0.2) is 0 Å². The van der Waals surface area contributed by atoms with Gasteiger partial charge in [0.05, 0.1) is 12.7 Å². The van der Waals surface area contributed by atoms with Gasteiger partial charge >= 0.3 is 0 Å². The van der Waals surface area contributed by atoms with E-state index in [-0.39, 0.29) is 5.54 Å². The van der Waals surface area contributed by atoms with E-state index in [9.17, 15) is 0 Å². The van der Waals surface area contributed by atoms with E-state index >= 15 is 0 Å². The van der Waals surface area contributed by atoms with E-state index < -0.39 is 0 Å². The molecule has 0 aromatic carbocycles. The summed E-state index contributed by atoms with van der Waals surface area (Å²) in [5.74, 6) is 0. The van der Waals surface area contributed by atoms with Crippen LogP contribution in [0.4, 0.5) is 0 Å². The smallest absolute Gasteiger partial charge is 0.0639 e. The first-order valence-electron chi connectivity index (χ1n) is 4.73. The molecule has 0 bridgehead atoms. The van der Waals surface area contributed by atoms with Crippen LogP contribution in [0.2, 0.25) is 0 Å². The minimum atomic E-state index is 0.0430. The van der Waals surface area contributed by atoms with E-state index in [1.165, 1.54) is 0 Å². The highest BCUT2D eigenvalue weighted by molar-refractivity contribution is 4.77. The minimum Gasteiger partial charge on any atom is -0.383 e. The first-order valence-corrected chi connectivity index (χ1v) is 4.73. The van der Waals surface area contributed by atoms with Crippen LogP contribution in [-0.2, 0) is 4.74 Å². The number of methoxy groups -OCH3 is 1. The molecule has 0 saturated carbocycles. The normalized spacial score (nSPS) is 11.2. The lowest BCUT2D eigenvalue weighted by atomic mass is 10.1. The van der Waals surface area contributed by atoms with Gasteiger partial charge in [0, 0.05) is 19.1 Å². The van der Waals surface area contributed by atoms with Gasteiger partial charge in [-0.3, -0.25) is 0 Å². The Hall–Kier alpha value is -0.590. The van der Waals surface area contributed by atoms with E-state index in [1.807, 2.05) is 0 Å². The lowest BCUT2D eigenvalue weighted by molar-refractivity contribution is 0.128. The molecule has 0 rings (SSSR count). The van der Waals surface area contributed by atoms with Crippen LogP contribution in [0, 0.1) is 11.3 Å². The van der Waals surface area contributed by atoms with Crippen molar-refractivity contribution >= 4 is 0 Å². The Morgan fingerprint density at radius 2 is 2.08 bits per heavy atom. The lowest BCUT2D eigenvalue weighted by Crippen LogP contribution is -2.43. The third-order valence-electron chi connectivity index (χ3n) is 1.82. The van der Waals surface area contributed by atoms with Gasteiger partial charge in [-0.1, -0.05) is 0 Å². The second-order valence-electron chi connectivity index (χ2n) is 3.86. The fourth-order valence-electron chi connectivity index (χ4n) is 1.17. The van der Waals surface area contributed by atoms with E-state index in [4.69, 9.17) is 10.00 Å². The molecule has 0 aromatic rings. The summed E-state index contributed by atoms with van der Waals surface area (Å²) < 4.78 is 5.07. The molecule has 0 saturated heterocycles. The van der Waals surface area contributed by atoms with Crippen molar-refractivity contribution in [1.82, 2.24) is 5.32 Å². The molecule has 0 aromatic heterocycles. The van der Waals surface area contributed by atoms with Crippen LogP contribution in [0.3, 0.4) is 0 Å². The second kappa shape index (κ2) is 6.88. The van der Waals surface area contributed by atoms with Gasteiger partial charge in [0.1, 0.15) is 0 Å². The van der Waals surface area contributed by atoms with Crippen molar-refractivity contribution in [1.29, 1.82) is 5.26 Å². The third kappa shape index (κ3) is 7.76. The first-order chi connectivity index (χ1) is 6.12. The molecule has 76 valence electrons. The molecule has 0 aliphatic rings. The van der Waals surface area contributed by atoms with Gasteiger partial charge in [-0.25, -0.2) is 0 Å². The molecule has 0 heterocycles. The SMILES string of the molecule is COCC(C)(C)NCCCCC#N. The molecule has 0 spiro atoms. The van der Waals surface area contributed by atoms with Crippen LogP contribution in [-0.4, -0.2) is 25.8 Å². The topological polar surface area (TPSA) is 45.0 Å². The Labute approximate surface area is 81.1 Å². The molecule has 0 unspecified atom stereocenters. The van der Waals surface area contributed by atoms with Gasteiger partial charge in [0.25, 0.3) is 0 Å². The summed E-state index contributed by atoms with van der Waals surface area (Å²) in [4.78, 5) is 0. The second-order valence-corrected chi connectivity index (χ2v) is 3.86. The summed E-state index contributed by atoms with van der Waals surface area (Å²) in [6, 6.07) is 2.14. The maximum absolute atomic E-state index is 8.32. The highest BCUT2D eigenvalue weighted by atomic mass is 16.5. The molecular weight excluding hydrogens is 164 g/mol. The van der Waals surface area contributed by atoms with Crippen LogP contribution in [0.25, 0.3) is 0 Å². The fourth-order valence-corrected chi connectivity index (χ4v) is 1.17. The monoisotopic (exact) mass is 184 g/mol. The molecule has 0 radical (unpaired) electrons. The Bertz CT molecular complexity index is 161. The number of rotatable bonds is 7. The molecule has 0 aliphatic heterocycles. The molecule has 13 heavy (non-hydrogen) atoms. The summed E-state index contributed by atoms with van der Waals surface area (Å²) in [5, 5.41) is 11.7. The standard InChI is InChI=1S/C10H20N2O/c1-10(2,9-13-3)12-8-6-4-5-7-11/h12H,4-6,8-9H2,1-3H3. The van der Waals surface area contributed by atoms with Gasteiger partial charge in [-0.15, -0.1) is 0 Å². The maximum Gasteiger partial charge on any atom is 0.0639 e. The Morgan fingerprint density at radius 1 is 1.38 bits per heavy atom. The predicted octanol–water partition coefficient (Wildman–Crippen LogP) is 1.69. The molecular formula is C10H20N2O. The molecule has 1 N–H and O–H groups in total. The number of nitrogens with zero attached hydrogens (tertiary/aromatic N) is 1. The highest BCUT2D eigenvalue weighted by Gasteiger charge is 2.15. The van der Waals surface area contributed by atoms with Gasteiger partial charge in [0.2, 0.25) is 0 Å². The first kappa shape index (κ1) is 12.4. The third-order valence-corrected chi connectivity index (χ3v) is 1.82. The number of hydrogen-bond acceptors (Lipinski definition) is 3. The molecule has 0 amide bonds. The summed E-state index contributed by atoms with van der Waals surface area (Å²) in [6.07, 6.45) is 2.69. The zero-order valence-electron chi connectivity index (χ0n) is 8.89. The Kier molecular flexibility index (Phi) is 6.56. The summed E-state index contributed by atoms with van der Waals surface area (Å²) in [7, 11) is 1.71. The molecule has 0 aliphatic carbocycles. The number of hydrogen-bond donors (Lipinski definition) is 1. The quantitative estimate of drug-likeness (QED) is 0.612. The van der Waals surface area contributed by atoms with Crippen molar-refractivity contribution < 1.29 is 4.74 Å². The molecule has 0 atom stereocenters. The maximum atomic E-state index is 8.32. The molecule has 3 heteroatoms. The average Bonchev–Trinajstić information content (AvgIpc) is 2.04. The summed E-state index contributed by atoms with van der Waals surface area (Å²) in [5.41, 5.74) is 0.0430. The van der Waals surface area contributed by atoms with Gasteiger partial charge < -0.3 is 10.1 Å². The predicted molar refractivity (Wildman–Crippen MR) is 53.4 cm³/mol. The van der Waals surface area contributed by atoms with Gasteiger partial charge in [0.15, 0.2) is 0 Å². The zero-order valence-corrected chi connectivity index (χ0v) is 8.89. The minimum absolute atomic E-state index is 0.0430. The zero-order chi connectivity index (χ0) is 10.2. The van der Waals surface area contributed by atoms with Gasteiger partial charge in [-0.05, 0) is 33.2 Å². The highest BCUT2D eigenvalue weighted by Crippen LogP contribution is 2.02. The van der Waals surface area contributed by atoms with E-state index in [0.29, 0.717) is 13.0 Å². The van der Waals surface area contributed by atoms with Crippen molar-refractivity contribution in [3.05, 3.63) is 0 Å². The largest absolute Gasteiger partial charge is 0.383 e. The average molecular weight is 184 g/mol. The Balaban J connectivity index is 3.36. The van der Waals surface area contributed by atoms with E-state index in [1.54, 1.807) is 7.11 Å². The lowest BCUT2D eigenvalue weighted by Gasteiger charge is -2.25. The van der Waals surface area contributed by atoms with Crippen LogP contribution < -0.4 is 5.32 Å². The van der Waals surface area contributed by atoms with Crippen LogP contribution in [0.5, 0.6) is 0 Å². The summed E-state index contributed by atoms with van der Waals surface area (Å²) >= 11 is 0. The Morgan fingerprint density at radius 3 is 2.62 bits per heavy atom. The molecule has 0 fully saturated rings. The molecule has 3 nitrogen and oxygen atoms in total. The fraction of sp³-hybridized carbons (Fsp3) is 0.900. The van der Waals surface area contributed by atoms with Crippen molar-refractivity contribution in [2.24, 2.45) is 0 Å².